The smallest absolute Gasteiger partial charge is 0.160 e. The maximum Gasteiger partial charge on any atom is 0.160 e. The number of fused-ring (bicyclic) bond motifs is 1. The van der Waals surface area contributed by atoms with Crippen LogP contribution in [0.3, 0.4) is 0 Å². The third-order valence-corrected chi connectivity index (χ3v) is 12.7. The minimum absolute atomic E-state index is 0.699. The first-order valence-corrected chi connectivity index (χ1v) is 20.6. The first-order valence-electron chi connectivity index (χ1n) is 20.6. The molecule has 0 atom stereocenters. The predicted octanol–water partition coefficient (Wildman–Crippen LogP) is 15.8. The van der Waals surface area contributed by atoms with E-state index in [4.69, 9.17) is 9.97 Å². The van der Waals surface area contributed by atoms with Crippen molar-refractivity contribution in [2.45, 2.75) is 0 Å². The van der Waals surface area contributed by atoms with Crippen LogP contribution < -0.4 is 0 Å². The molecule has 12 aromatic carbocycles. The van der Waals surface area contributed by atoms with Gasteiger partial charge in [-0.05, 0) is 128 Å². The number of nitrogens with zero attached hydrogens (tertiary/aromatic N) is 2. The number of rotatable bonds is 5. The van der Waals surface area contributed by atoms with Crippen LogP contribution in [0.4, 0.5) is 0 Å². The zero-order valence-corrected chi connectivity index (χ0v) is 32.5. The van der Waals surface area contributed by atoms with E-state index >= 15 is 0 Å². The second-order valence-electron chi connectivity index (χ2n) is 16.1. The van der Waals surface area contributed by atoms with E-state index in [0.717, 1.165) is 50.0 Å². The summed E-state index contributed by atoms with van der Waals surface area (Å²) in [6.07, 6.45) is 0. The molecule has 13 aromatic rings. The fraction of sp³-hybridized carbons (Fsp3) is 0. The van der Waals surface area contributed by atoms with Crippen LogP contribution >= 0.6 is 0 Å². The Kier molecular flexibility index (Phi) is 7.05. The van der Waals surface area contributed by atoms with E-state index in [1.54, 1.807) is 0 Å². The largest absolute Gasteiger partial charge is 0.228 e. The third kappa shape index (κ3) is 5.01. The molecule has 0 aliphatic carbocycles. The number of benzene rings is 12. The van der Waals surface area contributed by atoms with E-state index in [0.29, 0.717) is 5.82 Å². The van der Waals surface area contributed by atoms with Gasteiger partial charge >= 0.3 is 0 Å². The summed E-state index contributed by atoms with van der Waals surface area (Å²) in [5.74, 6) is 0.699. The van der Waals surface area contributed by atoms with E-state index in [2.05, 4.69) is 206 Å². The predicted molar refractivity (Wildman–Crippen MR) is 254 cm³/mol. The highest BCUT2D eigenvalue weighted by molar-refractivity contribution is 6.27. The fourth-order valence-electron chi connectivity index (χ4n) is 9.93. The summed E-state index contributed by atoms with van der Waals surface area (Å²) in [5, 5.41) is 16.3. The zero-order chi connectivity index (χ0) is 39.3. The Bertz CT molecular complexity index is 3610. The lowest BCUT2D eigenvalue weighted by molar-refractivity contribution is 1.23. The highest BCUT2D eigenvalue weighted by Gasteiger charge is 2.19. The summed E-state index contributed by atoms with van der Waals surface area (Å²) < 4.78 is 0. The second kappa shape index (κ2) is 12.8. The van der Waals surface area contributed by atoms with Crippen molar-refractivity contribution in [2.24, 2.45) is 0 Å². The van der Waals surface area contributed by atoms with E-state index in [1.165, 1.54) is 75.8 Å². The molecule has 13 rings (SSSR count). The minimum atomic E-state index is 0.699. The molecule has 2 heteroatoms. The minimum Gasteiger partial charge on any atom is -0.228 e. The monoisotopic (exact) mass is 758 g/mol. The molecule has 0 amide bonds. The third-order valence-electron chi connectivity index (χ3n) is 12.7. The molecule has 0 unspecified atom stereocenters. The normalized spacial score (nSPS) is 12.0. The maximum atomic E-state index is 5.46. The van der Waals surface area contributed by atoms with Gasteiger partial charge in [0.25, 0.3) is 0 Å². The summed E-state index contributed by atoms with van der Waals surface area (Å²) >= 11 is 0. The standard InChI is InChI=1S/C58H34N2/c1-3-9-35(10-4-1)43-25-30-51-52(34-43)59-58(60-57(51)42-11-5-2-6-12-42)46-32-44(47-26-21-40-19-17-36-13-7-15-38-23-28-49(47)55(40)53(36)38)31-45(33-46)48-27-22-41-20-18-37-14-8-16-39-24-29-50(48)56(41)54(37)39/h1-34H. The van der Waals surface area contributed by atoms with Crippen LogP contribution in [0.5, 0.6) is 0 Å². The molecule has 276 valence electrons. The summed E-state index contributed by atoms with van der Waals surface area (Å²) in [5.41, 5.74) is 10.8. The average Bonchev–Trinajstić information content (AvgIpc) is 3.32. The van der Waals surface area contributed by atoms with Crippen LogP contribution in [0.25, 0.3) is 132 Å². The van der Waals surface area contributed by atoms with Crippen LogP contribution in [0.1, 0.15) is 0 Å². The lowest BCUT2D eigenvalue weighted by Crippen LogP contribution is -1.97. The highest BCUT2D eigenvalue weighted by Crippen LogP contribution is 2.44. The molecule has 0 spiro atoms. The lowest BCUT2D eigenvalue weighted by Gasteiger charge is -2.18. The van der Waals surface area contributed by atoms with Crippen LogP contribution in [0.2, 0.25) is 0 Å². The van der Waals surface area contributed by atoms with Gasteiger partial charge in [0.05, 0.1) is 11.2 Å². The lowest BCUT2D eigenvalue weighted by atomic mass is 9.86. The van der Waals surface area contributed by atoms with E-state index in [1.807, 2.05) is 0 Å². The van der Waals surface area contributed by atoms with Crippen molar-refractivity contribution in [3.63, 3.8) is 0 Å². The molecule has 1 aromatic heterocycles. The van der Waals surface area contributed by atoms with Gasteiger partial charge in [-0.3, -0.25) is 0 Å². The molecule has 2 nitrogen and oxygen atoms in total. The molecule has 0 fully saturated rings. The molecule has 0 aliphatic heterocycles. The van der Waals surface area contributed by atoms with Crippen molar-refractivity contribution < 1.29 is 0 Å². The van der Waals surface area contributed by atoms with Gasteiger partial charge in [-0.1, -0.05) is 176 Å². The first-order chi connectivity index (χ1) is 29.7. The molecule has 1 heterocycles. The zero-order valence-electron chi connectivity index (χ0n) is 32.5. The Morgan fingerprint density at radius 2 is 0.700 bits per heavy atom. The molecular weight excluding hydrogens is 725 g/mol. The Morgan fingerprint density at radius 1 is 0.250 bits per heavy atom. The molecule has 0 saturated carbocycles. The first kappa shape index (κ1) is 33.1. The Morgan fingerprint density at radius 3 is 1.25 bits per heavy atom. The molecule has 0 bridgehead atoms. The van der Waals surface area contributed by atoms with Crippen LogP contribution in [-0.2, 0) is 0 Å². The second-order valence-corrected chi connectivity index (χ2v) is 16.1. The summed E-state index contributed by atoms with van der Waals surface area (Å²) in [6, 6.07) is 75.3. The van der Waals surface area contributed by atoms with Crippen molar-refractivity contribution in [2.75, 3.05) is 0 Å². The van der Waals surface area contributed by atoms with Gasteiger partial charge in [0.1, 0.15) is 0 Å². The molecule has 0 aliphatic rings. The number of hydrogen-bond acceptors (Lipinski definition) is 2. The summed E-state index contributed by atoms with van der Waals surface area (Å²) in [7, 11) is 0. The van der Waals surface area contributed by atoms with Crippen molar-refractivity contribution in [3.8, 4) is 56.0 Å². The quantitative estimate of drug-likeness (QED) is 0.163. The molecule has 0 saturated heterocycles. The molecule has 60 heavy (non-hydrogen) atoms. The number of aromatic nitrogens is 2. The van der Waals surface area contributed by atoms with Crippen LogP contribution in [0.15, 0.2) is 206 Å². The summed E-state index contributed by atoms with van der Waals surface area (Å²) in [6.45, 7) is 0. The van der Waals surface area contributed by atoms with E-state index in [-0.39, 0.29) is 0 Å². The Labute approximate surface area is 346 Å². The molecular formula is C58H34N2. The SMILES string of the molecule is c1ccc(-c2ccc3c(-c4ccccc4)nc(-c4cc(-c5ccc6ccc7cccc8ccc5c6c78)cc(-c5ccc6ccc7cccc8ccc5c6c78)c4)nc3c2)cc1. The van der Waals surface area contributed by atoms with Gasteiger partial charge in [-0.15, -0.1) is 0 Å². The fourth-order valence-corrected chi connectivity index (χ4v) is 9.93. The van der Waals surface area contributed by atoms with Gasteiger partial charge in [0.2, 0.25) is 0 Å². The van der Waals surface area contributed by atoms with Crippen molar-refractivity contribution in [3.05, 3.63) is 206 Å². The number of hydrogen-bond donors (Lipinski definition) is 0. The topological polar surface area (TPSA) is 25.8 Å². The Hall–Kier alpha value is -7.94. The van der Waals surface area contributed by atoms with Gasteiger partial charge in [-0.2, -0.15) is 0 Å². The Balaban J connectivity index is 1.11. The van der Waals surface area contributed by atoms with Crippen LogP contribution in [-0.4, -0.2) is 9.97 Å². The van der Waals surface area contributed by atoms with E-state index < -0.39 is 0 Å². The molecule has 0 N–H and O–H groups in total. The van der Waals surface area contributed by atoms with Crippen molar-refractivity contribution in [1.82, 2.24) is 9.97 Å². The van der Waals surface area contributed by atoms with Crippen molar-refractivity contribution >= 4 is 75.5 Å². The van der Waals surface area contributed by atoms with Gasteiger partial charge in [0, 0.05) is 16.5 Å². The van der Waals surface area contributed by atoms with Gasteiger partial charge in [-0.25, -0.2) is 9.97 Å². The molecule has 0 radical (unpaired) electrons. The van der Waals surface area contributed by atoms with Gasteiger partial charge in [0.15, 0.2) is 5.82 Å². The maximum absolute atomic E-state index is 5.46. The van der Waals surface area contributed by atoms with Gasteiger partial charge < -0.3 is 0 Å². The van der Waals surface area contributed by atoms with Crippen LogP contribution in [0, 0.1) is 0 Å². The summed E-state index contributed by atoms with van der Waals surface area (Å²) in [4.78, 5) is 10.9. The highest BCUT2D eigenvalue weighted by atomic mass is 14.9. The van der Waals surface area contributed by atoms with Crippen molar-refractivity contribution in [1.29, 1.82) is 0 Å². The van der Waals surface area contributed by atoms with E-state index in [9.17, 15) is 0 Å². The average molecular weight is 759 g/mol.